The van der Waals surface area contributed by atoms with Gasteiger partial charge in [-0.25, -0.2) is 0 Å². The molecule has 0 radical (unpaired) electrons. The number of likely N-dealkylation sites (tertiary alicyclic amines) is 1. The molecule has 0 aliphatic carbocycles. The van der Waals surface area contributed by atoms with Crippen molar-refractivity contribution in [3.05, 3.63) is 0 Å². The Morgan fingerprint density at radius 3 is 2.53 bits per heavy atom. The SMILES string of the molecule is COC(CN1CCCC1CN(C)C)OC. The Balaban J connectivity index is 2.38. The molecule has 0 aromatic rings. The molecular formula is C11H24N2O2. The van der Waals surface area contributed by atoms with Crippen molar-refractivity contribution in [2.45, 2.75) is 25.2 Å². The zero-order valence-electron chi connectivity index (χ0n) is 10.4. The molecule has 4 heteroatoms. The highest BCUT2D eigenvalue weighted by Crippen LogP contribution is 2.18. The van der Waals surface area contributed by atoms with Crippen molar-refractivity contribution < 1.29 is 9.47 Å². The Kier molecular flexibility index (Phi) is 5.53. The van der Waals surface area contributed by atoms with Gasteiger partial charge in [-0.2, -0.15) is 0 Å². The monoisotopic (exact) mass is 216 g/mol. The lowest BCUT2D eigenvalue weighted by molar-refractivity contribution is -0.118. The van der Waals surface area contributed by atoms with Gasteiger partial charge in [-0.3, -0.25) is 4.90 Å². The average Bonchev–Trinajstić information content (AvgIpc) is 2.61. The number of ether oxygens (including phenoxy) is 2. The smallest absolute Gasteiger partial charge is 0.169 e. The minimum Gasteiger partial charge on any atom is -0.355 e. The molecule has 0 N–H and O–H groups in total. The van der Waals surface area contributed by atoms with Gasteiger partial charge in [0.05, 0.1) is 0 Å². The molecule has 0 aromatic heterocycles. The van der Waals surface area contributed by atoms with Crippen molar-refractivity contribution in [3.8, 4) is 0 Å². The van der Waals surface area contributed by atoms with Gasteiger partial charge in [-0.1, -0.05) is 0 Å². The lowest BCUT2D eigenvalue weighted by Crippen LogP contribution is -2.42. The Hall–Kier alpha value is -0.160. The maximum atomic E-state index is 5.24. The molecule has 1 atom stereocenters. The lowest BCUT2D eigenvalue weighted by Gasteiger charge is -2.29. The van der Waals surface area contributed by atoms with E-state index < -0.39 is 0 Å². The number of rotatable bonds is 6. The molecular weight excluding hydrogens is 192 g/mol. The molecule has 15 heavy (non-hydrogen) atoms. The first kappa shape index (κ1) is 12.9. The second-order valence-electron chi connectivity index (χ2n) is 4.45. The Labute approximate surface area is 93.1 Å². The summed E-state index contributed by atoms with van der Waals surface area (Å²) in [5.41, 5.74) is 0. The van der Waals surface area contributed by atoms with Crippen molar-refractivity contribution in [2.24, 2.45) is 0 Å². The summed E-state index contributed by atoms with van der Waals surface area (Å²) in [6.45, 7) is 3.17. The topological polar surface area (TPSA) is 24.9 Å². The van der Waals surface area contributed by atoms with Gasteiger partial charge in [0.2, 0.25) is 0 Å². The van der Waals surface area contributed by atoms with Gasteiger partial charge in [-0.15, -0.1) is 0 Å². The van der Waals surface area contributed by atoms with E-state index in [0.717, 1.165) is 13.1 Å². The minimum atomic E-state index is -0.0900. The first-order valence-electron chi connectivity index (χ1n) is 5.61. The van der Waals surface area contributed by atoms with Gasteiger partial charge in [0, 0.05) is 33.4 Å². The van der Waals surface area contributed by atoms with Crippen LogP contribution in [0.5, 0.6) is 0 Å². The zero-order chi connectivity index (χ0) is 11.3. The Bertz CT molecular complexity index is 172. The van der Waals surface area contributed by atoms with Crippen LogP contribution < -0.4 is 0 Å². The summed E-state index contributed by atoms with van der Waals surface area (Å²) in [6, 6.07) is 0.660. The van der Waals surface area contributed by atoms with Crippen molar-refractivity contribution in [1.82, 2.24) is 9.80 Å². The van der Waals surface area contributed by atoms with E-state index in [0.29, 0.717) is 6.04 Å². The molecule has 1 saturated heterocycles. The zero-order valence-corrected chi connectivity index (χ0v) is 10.4. The molecule has 0 spiro atoms. The predicted molar refractivity (Wildman–Crippen MR) is 61.0 cm³/mol. The van der Waals surface area contributed by atoms with Gasteiger partial charge >= 0.3 is 0 Å². The molecule has 1 aliphatic rings. The van der Waals surface area contributed by atoms with Crippen LogP contribution in [0.1, 0.15) is 12.8 Å². The fourth-order valence-electron chi connectivity index (χ4n) is 2.20. The van der Waals surface area contributed by atoms with E-state index in [-0.39, 0.29) is 6.29 Å². The Morgan fingerprint density at radius 2 is 2.00 bits per heavy atom. The van der Waals surface area contributed by atoms with Gasteiger partial charge < -0.3 is 14.4 Å². The van der Waals surface area contributed by atoms with Crippen molar-refractivity contribution in [2.75, 3.05) is 47.9 Å². The molecule has 0 amide bonds. The molecule has 0 saturated carbocycles. The van der Waals surface area contributed by atoms with Crippen LogP contribution in [-0.4, -0.2) is 70.1 Å². The van der Waals surface area contributed by atoms with Crippen molar-refractivity contribution >= 4 is 0 Å². The summed E-state index contributed by atoms with van der Waals surface area (Å²) in [4.78, 5) is 4.72. The maximum Gasteiger partial charge on any atom is 0.169 e. The molecule has 0 aromatic carbocycles. The summed E-state index contributed by atoms with van der Waals surface area (Å²) < 4.78 is 10.5. The van der Waals surface area contributed by atoms with Crippen LogP contribution in [0.15, 0.2) is 0 Å². The normalized spacial score (nSPS) is 23.2. The van der Waals surface area contributed by atoms with Crippen LogP contribution in [0, 0.1) is 0 Å². The fourth-order valence-corrected chi connectivity index (χ4v) is 2.20. The molecule has 1 fully saturated rings. The number of hydrogen-bond acceptors (Lipinski definition) is 4. The van der Waals surface area contributed by atoms with Gasteiger partial charge in [0.1, 0.15) is 0 Å². The summed E-state index contributed by atoms with van der Waals surface area (Å²) in [5.74, 6) is 0. The number of nitrogens with zero attached hydrogens (tertiary/aromatic N) is 2. The molecule has 0 bridgehead atoms. The highest BCUT2D eigenvalue weighted by atomic mass is 16.7. The highest BCUT2D eigenvalue weighted by molar-refractivity contribution is 4.81. The third-order valence-electron chi connectivity index (χ3n) is 2.98. The van der Waals surface area contributed by atoms with Crippen LogP contribution >= 0.6 is 0 Å². The summed E-state index contributed by atoms with van der Waals surface area (Å²) >= 11 is 0. The van der Waals surface area contributed by atoms with Crippen molar-refractivity contribution in [3.63, 3.8) is 0 Å². The van der Waals surface area contributed by atoms with E-state index in [9.17, 15) is 0 Å². The second kappa shape index (κ2) is 6.43. The molecule has 1 rings (SSSR count). The number of methoxy groups -OCH3 is 2. The van der Waals surface area contributed by atoms with E-state index >= 15 is 0 Å². The van der Waals surface area contributed by atoms with E-state index in [4.69, 9.17) is 9.47 Å². The first-order chi connectivity index (χ1) is 7.17. The van der Waals surface area contributed by atoms with Crippen LogP contribution in [0.2, 0.25) is 0 Å². The fraction of sp³-hybridized carbons (Fsp3) is 1.00. The quantitative estimate of drug-likeness (QED) is 0.608. The first-order valence-corrected chi connectivity index (χ1v) is 5.61. The van der Waals surface area contributed by atoms with E-state index in [1.807, 2.05) is 0 Å². The molecule has 90 valence electrons. The van der Waals surface area contributed by atoms with E-state index in [1.165, 1.54) is 19.4 Å². The third-order valence-corrected chi connectivity index (χ3v) is 2.98. The van der Waals surface area contributed by atoms with Crippen molar-refractivity contribution in [1.29, 1.82) is 0 Å². The molecule has 1 unspecified atom stereocenters. The maximum absolute atomic E-state index is 5.24. The number of likely N-dealkylation sites (N-methyl/N-ethyl adjacent to an activating group) is 1. The van der Waals surface area contributed by atoms with Crippen LogP contribution in [0.25, 0.3) is 0 Å². The van der Waals surface area contributed by atoms with Gasteiger partial charge in [0.25, 0.3) is 0 Å². The van der Waals surface area contributed by atoms with Gasteiger partial charge in [-0.05, 0) is 33.5 Å². The van der Waals surface area contributed by atoms with E-state index in [2.05, 4.69) is 23.9 Å². The average molecular weight is 216 g/mol. The third kappa shape index (κ3) is 4.07. The largest absolute Gasteiger partial charge is 0.355 e. The second-order valence-corrected chi connectivity index (χ2v) is 4.45. The van der Waals surface area contributed by atoms with Crippen LogP contribution in [0.3, 0.4) is 0 Å². The molecule has 4 nitrogen and oxygen atoms in total. The predicted octanol–water partition coefficient (Wildman–Crippen LogP) is 0.631. The molecule has 1 heterocycles. The van der Waals surface area contributed by atoms with E-state index in [1.54, 1.807) is 14.2 Å². The summed E-state index contributed by atoms with van der Waals surface area (Å²) in [5, 5.41) is 0. The van der Waals surface area contributed by atoms with Gasteiger partial charge in [0.15, 0.2) is 6.29 Å². The standard InChI is InChI=1S/C11H24N2O2/c1-12(2)8-10-6-5-7-13(10)9-11(14-3)15-4/h10-11H,5-9H2,1-4H3. The molecule has 1 aliphatic heterocycles. The van der Waals surface area contributed by atoms with Crippen LogP contribution in [0.4, 0.5) is 0 Å². The lowest BCUT2D eigenvalue weighted by atomic mass is 10.2. The van der Waals surface area contributed by atoms with Crippen LogP contribution in [-0.2, 0) is 9.47 Å². The number of hydrogen-bond donors (Lipinski definition) is 0. The minimum absolute atomic E-state index is 0.0900. The Morgan fingerprint density at radius 1 is 1.33 bits per heavy atom. The summed E-state index contributed by atoms with van der Waals surface area (Å²) in [7, 11) is 7.65. The highest BCUT2D eigenvalue weighted by Gasteiger charge is 2.26. The summed E-state index contributed by atoms with van der Waals surface area (Å²) in [6.07, 6.45) is 2.49.